The summed E-state index contributed by atoms with van der Waals surface area (Å²) in [4.78, 5) is 4.74. The molecule has 1 aromatic carbocycles. The molecule has 1 heterocycles. The van der Waals surface area contributed by atoms with Crippen LogP contribution in [0.4, 0.5) is 18.3 Å². The van der Waals surface area contributed by atoms with Crippen LogP contribution < -0.4 is 5.32 Å². The first-order chi connectivity index (χ1) is 8.00. The van der Waals surface area contributed by atoms with E-state index in [2.05, 4.69) is 10.3 Å². The molecule has 17 heavy (non-hydrogen) atoms. The van der Waals surface area contributed by atoms with Crippen molar-refractivity contribution >= 4 is 16.5 Å². The third-order valence-electron chi connectivity index (χ3n) is 2.19. The summed E-state index contributed by atoms with van der Waals surface area (Å²) in [5.74, 6) is 0. The second kappa shape index (κ2) is 4.37. The normalized spacial score (nSPS) is 11.5. The van der Waals surface area contributed by atoms with Crippen LogP contribution in [0.3, 0.4) is 0 Å². The molecule has 90 valence electrons. The van der Waals surface area contributed by atoms with Gasteiger partial charge in [-0.2, -0.15) is 13.2 Å². The van der Waals surface area contributed by atoms with Crippen molar-refractivity contribution in [2.75, 3.05) is 12.4 Å². The monoisotopic (exact) mass is 258 g/mol. The highest BCUT2D eigenvalue weighted by Crippen LogP contribution is 2.34. The van der Waals surface area contributed by atoms with E-state index in [1.807, 2.05) is 0 Å². The highest BCUT2D eigenvalue weighted by molar-refractivity contribution is 7.18. The van der Waals surface area contributed by atoms with Gasteiger partial charge in [-0.1, -0.05) is 23.5 Å². The van der Waals surface area contributed by atoms with Crippen LogP contribution >= 0.6 is 11.3 Å². The molecule has 1 aromatic heterocycles. The Hall–Kier alpha value is -1.56. The first-order valence-electron chi connectivity index (χ1n) is 4.82. The number of anilines is 1. The average Bonchev–Trinajstić information content (AvgIpc) is 2.76. The Kier molecular flexibility index (Phi) is 3.06. The van der Waals surface area contributed by atoms with E-state index in [9.17, 15) is 13.2 Å². The number of hydrogen-bond donors (Lipinski definition) is 1. The topological polar surface area (TPSA) is 24.9 Å². The van der Waals surface area contributed by atoms with Crippen LogP contribution in [0.5, 0.6) is 0 Å². The van der Waals surface area contributed by atoms with E-state index < -0.39 is 11.7 Å². The van der Waals surface area contributed by atoms with Gasteiger partial charge in [0.2, 0.25) is 0 Å². The lowest BCUT2D eigenvalue weighted by Gasteiger charge is -2.07. The Bertz CT molecular complexity index is 519. The van der Waals surface area contributed by atoms with E-state index in [0.717, 1.165) is 12.1 Å². The summed E-state index contributed by atoms with van der Waals surface area (Å²) in [6.07, 6.45) is -2.75. The summed E-state index contributed by atoms with van der Waals surface area (Å²) in [6.45, 7) is 0. The Morgan fingerprint density at radius 1 is 1.29 bits per heavy atom. The molecule has 0 aliphatic heterocycles. The van der Waals surface area contributed by atoms with E-state index >= 15 is 0 Å². The zero-order valence-electron chi connectivity index (χ0n) is 8.88. The standard InChI is InChI=1S/C11H9F3N2S/c1-15-10-16-6-9(17-10)7-3-2-4-8(5-7)11(12,13)14/h2-6H,1H3,(H,15,16). The van der Waals surface area contributed by atoms with E-state index in [1.165, 1.54) is 17.4 Å². The number of rotatable bonds is 2. The molecule has 1 N–H and O–H groups in total. The van der Waals surface area contributed by atoms with Crippen LogP contribution in [0.1, 0.15) is 5.56 Å². The number of aromatic nitrogens is 1. The van der Waals surface area contributed by atoms with E-state index in [0.29, 0.717) is 15.6 Å². The van der Waals surface area contributed by atoms with Crippen LogP contribution in [0.25, 0.3) is 10.4 Å². The van der Waals surface area contributed by atoms with Gasteiger partial charge in [-0.05, 0) is 17.7 Å². The van der Waals surface area contributed by atoms with Crippen molar-refractivity contribution in [3.8, 4) is 10.4 Å². The first kappa shape index (κ1) is 11.9. The Morgan fingerprint density at radius 2 is 2.06 bits per heavy atom. The second-order valence-corrected chi connectivity index (χ2v) is 4.39. The highest BCUT2D eigenvalue weighted by atomic mass is 32.1. The minimum atomic E-state index is -4.31. The smallest absolute Gasteiger partial charge is 0.365 e. The molecule has 0 fully saturated rings. The maximum absolute atomic E-state index is 12.5. The maximum atomic E-state index is 12.5. The number of hydrogen-bond acceptors (Lipinski definition) is 3. The van der Waals surface area contributed by atoms with Gasteiger partial charge < -0.3 is 5.32 Å². The zero-order chi connectivity index (χ0) is 12.5. The summed E-state index contributed by atoms with van der Waals surface area (Å²) < 4.78 is 37.6. The van der Waals surface area contributed by atoms with Gasteiger partial charge in [-0.25, -0.2) is 4.98 Å². The molecular weight excluding hydrogens is 249 g/mol. The quantitative estimate of drug-likeness (QED) is 0.884. The molecule has 2 aromatic rings. The molecule has 0 aliphatic carbocycles. The van der Waals surface area contributed by atoms with Gasteiger partial charge >= 0.3 is 6.18 Å². The lowest BCUT2D eigenvalue weighted by molar-refractivity contribution is -0.137. The average molecular weight is 258 g/mol. The fourth-order valence-corrected chi connectivity index (χ4v) is 2.14. The third kappa shape index (κ3) is 2.58. The van der Waals surface area contributed by atoms with Gasteiger partial charge in [0.1, 0.15) is 0 Å². The molecule has 2 rings (SSSR count). The number of thiazole rings is 1. The molecule has 0 spiro atoms. The summed E-state index contributed by atoms with van der Waals surface area (Å²) >= 11 is 1.32. The van der Waals surface area contributed by atoms with Crippen molar-refractivity contribution in [1.82, 2.24) is 4.98 Å². The van der Waals surface area contributed by atoms with E-state index in [-0.39, 0.29) is 0 Å². The number of halogens is 3. The molecule has 6 heteroatoms. The Balaban J connectivity index is 2.39. The van der Waals surface area contributed by atoms with Crippen molar-refractivity contribution in [3.05, 3.63) is 36.0 Å². The van der Waals surface area contributed by atoms with Crippen molar-refractivity contribution in [3.63, 3.8) is 0 Å². The number of nitrogens with one attached hydrogen (secondary N) is 1. The lowest BCUT2D eigenvalue weighted by atomic mass is 10.1. The van der Waals surface area contributed by atoms with Crippen LogP contribution in [-0.4, -0.2) is 12.0 Å². The summed E-state index contributed by atoms with van der Waals surface area (Å²) in [5.41, 5.74) is -0.117. The summed E-state index contributed by atoms with van der Waals surface area (Å²) in [5, 5.41) is 3.53. The molecule has 0 saturated carbocycles. The van der Waals surface area contributed by atoms with Crippen LogP contribution in [0.2, 0.25) is 0 Å². The fraction of sp³-hybridized carbons (Fsp3) is 0.182. The molecular formula is C11H9F3N2S. The van der Waals surface area contributed by atoms with Gasteiger partial charge in [-0.3, -0.25) is 0 Å². The van der Waals surface area contributed by atoms with Gasteiger partial charge in [0.15, 0.2) is 5.13 Å². The zero-order valence-corrected chi connectivity index (χ0v) is 9.69. The predicted molar refractivity (Wildman–Crippen MR) is 62.1 cm³/mol. The number of benzene rings is 1. The molecule has 2 nitrogen and oxygen atoms in total. The minimum absolute atomic E-state index is 0.527. The summed E-state index contributed by atoms with van der Waals surface area (Å²) in [7, 11) is 1.72. The largest absolute Gasteiger partial charge is 0.416 e. The molecule has 0 atom stereocenters. The fourth-order valence-electron chi connectivity index (χ4n) is 1.37. The van der Waals surface area contributed by atoms with E-state index in [1.54, 1.807) is 19.3 Å². The Morgan fingerprint density at radius 3 is 2.65 bits per heavy atom. The van der Waals surface area contributed by atoms with Crippen LogP contribution in [-0.2, 0) is 6.18 Å². The molecule has 0 unspecified atom stereocenters. The van der Waals surface area contributed by atoms with Crippen LogP contribution in [0.15, 0.2) is 30.5 Å². The van der Waals surface area contributed by atoms with E-state index in [4.69, 9.17) is 0 Å². The minimum Gasteiger partial charge on any atom is -0.365 e. The van der Waals surface area contributed by atoms with Gasteiger partial charge in [-0.15, -0.1) is 0 Å². The maximum Gasteiger partial charge on any atom is 0.416 e. The highest BCUT2D eigenvalue weighted by Gasteiger charge is 2.30. The second-order valence-electron chi connectivity index (χ2n) is 3.36. The van der Waals surface area contributed by atoms with Crippen molar-refractivity contribution in [2.45, 2.75) is 6.18 Å². The molecule has 0 amide bonds. The first-order valence-corrected chi connectivity index (χ1v) is 5.63. The van der Waals surface area contributed by atoms with Gasteiger partial charge in [0.05, 0.1) is 10.4 Å². The lowest BCUT2D eigenvalue weighted by Crippen LogP contribution is -2.04. The van der Waals surface area contributed by atoms with Gasteiger partial charge in [0.25, 0.3) is 0 Å². The summed E-state index contributed by atoms with van der Waals surface area (Å²) in [6, 6.07) is 5.23. The number of alkyl halides is 3. The third-order valence-corrected chi connectivity index (χ3v) is 3.26. The SMILES string of the molecule is CNc1ncc(-c2cccc(C(F)(F)F)c2)s1. The number of nitrogens with zero attached hydrogens (tertiary/aromatic N) is 1. The predicted octanol–water partition coefficient (Wildman–Crippen LogP) is 3.87. The van der Waals surface area contributed by atoms with Gasteiger partial charge in [0, 0.05) is 13.2 Å². The molecule has 0 aliphatic rings. The van der Waals surface area contributed by atoms with Crippen molar-refractivity contribution in [1.29, 1.82) is 0 Å². The van der Waals surface area contributed by atoms with Crippen molar-refractivity contribution < 1.29 is 13.2 Å². The molecule has 0 radical (unpaired) electrons. The molecule has 0 saturated heterocycles. The Labute approximate surface area is 100 Å². The molecule has 0 bridgehead atoms. The van der Waals surface area contributed by atoms with Crippen LogP contribution in [0, 0.1) is 0 Å². The van der Waals surface area contributed by atoms with Crippen molar-refractivity contribution in [2.24, 2.45) is 0 Å².